The largest absolute Gasteiger partial charge is 0.428 e. The van der Waals surface area contributed by atoms with Crippen LogP contribution in [0.15, 0.2) is 24.3 Å². The van der Waals surface area contributed by atoms with Crippen LogP contribution in [-0.2, 0) is 0 Å². The van der Waals surface area contributed by atoms with Crippen LogP contribution in [0.4, 0.5) is 5.69 Å². The van der Waals surface area contributed by atoms with Crippen molar-refractivity contribution in [2.75, 3.05) is 12.0 Å². The van der Waals surface area contributed by atoms with Gasteiger partial charge in [0.15, 0.2) is 0 Å². The molecule has 0 saturated carbocycles. The lowest BCUT2D eigenvalue weighted by molar-refractivity contribution is 0.181. The summed E-state index contributed by atoms with van der Waals surface area (Å²) in [6.45, 7) is 4.55. The number of nitrogens with one attached hydrogen (secondary N) is 3. The van der Waals surface area contributed by atoms with Crippen LogP contribution in [-0.4, -0.2) is 27.2 Å². The molecular weight excluding hydrogens is 274 g/mol. The van der Waals surface area contributed by atoms with Crippen LogP contribution < -0.4 is 16.1 Å². The van der Waals surface area contributed by atoms with Crippen LogP contribution in [0.5, 0.6) is 0 Å². The monoisotopic (exact) mass is 293 g/mol. The number of thiol groups is 1. The van der Waals surface area contributed by atoms with Crippen molar-refractivity contribution in [3.05, 3.63) is 30.0 Å². The summed E-state index contributed by atoms with van der Waals surface area (Å²) in [7, 11) is 0. The molecule has 3 rings (SSSR count). The number of fused-ring (bicyclic) bond motifs is 3. The molecule has 1 aromatic carbocycles. The van der Waals surface area contributed by atoms with Gasteiger partial charge >= 0.3 is 0 Å². The normalized spacial score (nSPS) is 24.6. The van der Waals surface area contributed by atoms with Crippen LogP contribution in [0.1, 0.15) is 25.6 Å². The molecule has 1 aliphatic rings. The summed E-state index contributed by atoms with van der Waals surface area (Å²) < 4.78 is 2.94. The third kappa shape index (κ3) is 2.22. The molecule has 0 bridgehead atoms. The second-order valence-electron chi connectivity index (χ2n) is 5.06. The van der Waals surface area contributed by atoms with Crippen molar-refractivity contribution in [3.63, 3.8) is 0 Å². The molecule has 0 radical (unpaired) electrons. The van der Waals surface area contributed by atoms with Crippen LogP contribution in [0.25, 0.3) is 10.9 Å². The molecule has 0 saturated heterocycles. The number of hydrazine groups is 1. The number of benzene rings is 1. The van der Waals surface area contributed by atoms with E-state index in [2.05, 4.69) is 28.9 Å². The topological polar surface area (TPSA) is 64.5 Å². The number of anilines is 1. The zero-order valence-electron chi connectivity index (χ0n) is 11.5. The van der Waals surface area contributed by atoms with Crippen LogP contribution >= 0.6 is 12.8 Å². The first-order valence-corrected chi connectivity index (χ1v) is 7.03. The van der Waals surface area contributed by atoms with Gasteiger partial charge < -0.3 is 10.5 Å². The van der Waals surface area contributed by atoms with Crippen molar-refractivity contribution < 1.29 is 5.21 Å². The molecule has 7 heteroatoms. The average molecular weight is 293 g/mol. The Hall–Kier alpha value is -1.41. The third-order valence-corrected chi connectivity index (χ3v) is 3.80. The minimum Gasteiger partial charge on any atom is -0.428 e. The zero-order valence-corrected chi connectivity index (χ0v) is 12.4. The molecule has 1 aliphatic heterocycles. The number of para-hydroxylation sites is 1. The maximum Gasteiger partial charge on any atom is 0.0978 e. The minimum atomic E-state index is -0.0165. The summed E-state index contributed by atoms with van der Waals surface area (Å²) in [6, 6.07) is 7.77. The van der Waals surface area contributed by atoms with E-state index in [0.717, 1.165) is 22.3 Å². The zero-order chi connectivity index (χ0) is 14.3. The van der Waals surface area contributed by atoms with E-state index in [1.807, 2.05) is 38.1 Å². The average Bonchev–Trinajstić information content (AvgIpc) is 2.71. The first-order chi connectivity index (χ1) is 9.58. The van der Waals surface area contributed by atoms with Gasteiger partial charge in [-0.25, -0.2) is 5.43 Å². The Morgan fingerprint density at radius 3 is 2.85 bits per heavy atom. The summed E-state index contributed by atoms with van der Waals surface area (Å²) in [4.78, 5) is 0. The number of nitrogens with zero attached hydrogens (tertiary/aromatic N) is 2. The van der Waals surface area contributed by atoms with Gasteiger partial charge in [-0.1, -0.05) is 31.0 Å². The van der Waals surface area contributed by atoms with Crippen LogP contribution in [0, 0.1) is 0 Å². The molecule has 4 N–H and O–H groups in total. The van der Waals surface area contributed by atoms with Crippen LogP contribution in [0.3, 0.4) is 0 Å². The molecule has 0 aliphatic carbocycles. The molecule has 2 aromatic rings. The Bertz CT molecular complexity index is 628. The maximum absolute atomic E-state index is 10.5. The van der Waals surface area contributed by atoms with E-state index in [4.69, 9.17) is 0 Å². The second kappa shape index (κ2) is 5.17. The van der Waals surface area contributed by atoms with Gasteiger partial charge in [0.25, 0.3) is 0 Å². The van der Waals surface area contributed by atoms with Crippen molar-refractivity contribution in [3.8, 4) is 0 Å². The molecule has 0 fully saturated rings. The SMILES string of the molecule is CC1NC(C)c2c(c3ccccc3n2O)NCN(S)N1. The van der Waals surface area contributed by atoms with E-state index in [0.29, 0.717) is 6.67 Å². The summed E-state index contributed by atoms with van der Waals surface area (Å²) in [6.07, 6.45) is 0.0354. The molecule has 6 nitrogen and oxygen atoms in total. The first-order valence-electron chi connectivity index (χ1n) is 6.63. The van der Waals surface area contributed by atoms with Gasteiger partial charge in [0.1, 0.15) is 0 Å². The highest BCUT2D eigenvalue weighted by molar-refractivity contribution is 7.77. The van der Waals surface area contributed by atoms with Crippen molar-refractivity contribution >= 4 is 29.4 Å². The third-order valence-electron chi connectivity index (χ3n) is 3.54. The van der Waals surface area contributed by atoms with Gasteiger partial charge in [-0.15, -0.1) is 0 Å². The summed E-state index contributed by atoms with van der Waals surface area (Å²) in [5, 5.41) is 18.2. The van der Waals surface area contributed by atoms with E-state index < -0.39 is 0 Å². The maximum atomic E-state index is 10.5. The molecule has 1 aromatic heterocycles. The Morgan fingerprint density at radius 2 is 2.05 bits per heavy atom. The highest BCUT2D eigenvalue weighted by atomic mass is 32.1. The van der Waals surface area contributed by atoms with Gasteiger partial charge in [0, 0.05) is 5.39 Å². The number of aromatic nitrogens is 1. The van der Waals surface area contributed by atoms with Crippen molar-refractivity contribution in [2.24, 2.45) is 0 Å². The summed E-state index contributed by atoms with van der Waals surface area (Å²) >= 11 is 4.36. The standard InChI is InChI=1S/C13H19N5OS/c1-8-13-12(14-7-17(20)16-9(2)15-8)10-5-3-4-6-11(10)18(13)19/h3-6,8-9,14-16,19-20H,7H2,1-2H3. The lowest BCUT2D eigenvalue weighted by Gasteiger charge is -2.23. The van der Waals surface area contributed by atoms with Gasteiger partial charge in [0.05, 0.1) is 35.8 Å². The number of rotatable bonds is 0. The molecule has 108 valence electrons. The van der Waals surface area contributed by atoms with Crippen molar-refractivity contribution in [1.29, 1.82) is 0 Å². The van der Waals surface area contributed by atoms with Crippen LogP contribution in [0.2, 0.25) is 0 Å². The molecule has 0 spiro atoms. The smallest absolute Gasteiger partial charge is 0.0978 e. The fourth-order valence-electron chi connectivity index (χ4n) is 2.74. The number of hydrogen-bond acceptors (Lipinski definition) is 6. The molecule has 0 amide bonds. The van der Waals surface area contributed by atoms with E-state index in [-0.39, 0.29) is 12.2 Å². The summed E-state index contributed by atoms with van der Waals surface area (Å²) in [5.41, 5.74) is 5.73. The molecule has 2 heterocycles. The molecule has 20 heavy (non-hydrogen) atoms. The van der Waals surface area contributed by atoms with Crippen molar-refractivity contribution in [2.45, 2.75) is 26.1 Å². The van der Waals surface area contributed by atoms with Gasteiger partial charge in [0.2, 0.25) is 0 Å². The van der Waals surface area contributed by atoms with Gasteiger partial charge in [-0.2, -0.15) is 9.14 Å². The Labute approximate surface area is 123 Å². The highest BCUT2D eigenvalue weighted by Gasteiger charge is 2.24. The Morgan fingerprint density at radius 1 is 1.30 bits per heavy atom. The molecule has 2 atom stereocenters. The highest BCUT2D eigenvalue weighted by Crippen LogP contribution is 2.34. The Balaban J connectivity index is 2.16. The predicted octanol–water partition coefficient (Wildman–Crippen LogP) is 1.91. The minimum absolute atomic E-state index is 0.0165. The lowest BCUT2D eigenvalue weighted by atomic mass is 10.1. The quantitative estimate of drug-likeness (QED) is 0.379. The fourth-order valence-corrected chi connectivity index (χ4v) is 2.99. The van der Waals surface area contributed by atoms with Gasteiger partial charge in [-0.05, 0) is 19.9 Å². The van der Waals surface area contributed by atoms with E-state index in [1.165, 1.54) is 4.73 Å². The summed E-state index contributed by atoms with van der Waals surface area (Å²) in [5.74, 6) is 0. The van der Waals surface area contributed by atoms with Crippen molar-refractivity contribution in [1.82, 2.24) is 19.9 Å². The predicted molar refractivity (Wildman–Crippen MR) is 82.6 cm³/mol. The number of hydrogen-bond donors (Lipinski definition) is 5. The first kappa shape index (κ1) is 13.6. The van der Waals surface area contributed by atoms with E-state index in [9.17, 15) is 5.21 Å². The Kier molecular flexibility index (Phi) is 3.51. The fraction of sp³-hybridized carbons (Fsp3) is 0.385. The lowest BCUT2D eigenvalue weighted by Crippen LogP contribution is -2.47. The molecular formula is C13H19N5OS. The molecule has 2 unspecified atom stereocenters. The van der Waals surface area contributed by atoms with E-state index >= 15 is 0 Å². The second-order valence-corrected chi connectivity index (χ2v) is 5.55. The van der Waals surface area contributed by atoms with E-state index in [1.54, 1.807) is 4.41 Å². The van der Waals surface area contributed by atoms with Gasteiger partial charge in [-0.3, -0.25) is 5.32 Å².